The van der Waals surface area contributed by atoms with Crippen molar-refractivity contribution < 1.29 is 9.53 Å². The third kappa shape index (κ3) is 2.79. The average molecular weight is 260 g/mol. The predicted molar refractivity (Wildman–Crippen MR) is 76.2 cm³/mol. The van der Waals surface area contributed by atoms with Gasteiger partial charge in [-0.1, -0.05) is 11.6 Å². The maximum atomic E-state index is 11.5. The minimum absolute atomic E-state index is 0.0950. The van der Waals surface area contributed by atoms with Crippen LogP contribution in [0.4, 0.5) is 0 Å². The van der Waals surface area contributed by atoms with Crippen molar-refractivity contribution in [2.24, 2.45) is 0 Å². The van der Waals surface area contributed by atoms with Gasteiger partial charge in [-0.2, -0.15) is 0 Å². The normalized spacial score (nSPS) is 10.9. The Morgan fingerprint density at radius 2 is 2.05 bits per heavy atom. The van der Waals surface area contributed by atoms with Crippen LogP contribution in [0.15, 0.2) is 12.1 Å². The quantitative estimate of drug-likeness (QED) is 0.886. The maximum Gasteiger partial charge on any atom is 0.246 e. The first-order valence-electron chi connectivity index (χ1n) is 6.37. The molecule has 1 amide bonds. The largest absolute Gasteiger partial charge is 0.375 e. The molecule has 1 heterocycles. The summed E-state index contributed by atoms with van der Waals surface area (Å²) in [6.45, 7) is 6.86. The fourth-order valence-electron chi connectivity index (χ4n) is 2.30. The number of aromatic nitrogens is 1. The van der Waals surface area contributed by atoms with Gasteiger partial charge in [0.25, 0.3) is 0 Å². The third-order valence-electron chi connectivity index (χ3n) is 3.39. The van der Waals surface area contributed by atoms with Gasteiger partial charge in [-0.15, -0.1) is 0 Å². The van der Waals surface area contributed by atoms with Gasteiger partial charge in [0.05, 0.1) is 5.52 Å². The second-order valence-electron chi connectivity index (χ2n) is 4.93. The summed E-state index contributed by atoms with van der Waals surface area (Å²) >= 11 is 0. The smallest absolute Gasteiger partial charge is 0.246 e. The molecule has 0 aliphatic rings. The summed E-state index contributed by atoms with van der Waals surface area (Å²) < 4.78 is 4.81. The SMILES string of the molecule is COCC(=O)NCc1cc(C)cc2c(C)c(C)[nH]c12. The van der Waals surface area contributed by atoms with Gasteiger partial charge in [-0.3, -0.25) is 4.79 Å². The lowest BCUT2D eigenvalue weighted by atomic mass is 10.0. The zero-order valence-electron chi connectivity index (χ0n) is 11.9. The van der Waals surface area contributed by atoms with E-state index in [9.17, 15) is 4.79 Å². The maximum absolute atomic E-state index is 11.5. The first kappa shape index (κ1) is 13.6. The van der Waals surface area contributed by atoms with Gasteiger partial charge in [0.1, 0.15) is 6.61 Å². The highest BCUT2D eigenvalue weighted by atomic mass is 16.5. The third-order valence-corrected chi connectivity index (χ3v) is 3.39. The molecular formula is C15H20N2O2. The second kappa shape index (κ2) is 5.45. The number of benzene rings is 1. The monoisotopic (exact) mass is 260 g/mol. The molecule has 0 saturated carbocycles. The molecule has 0 saturated heterocycles. The Morgan fingerprint density at radius 1 is 1.32 bits per heavy atom. The van der Waals surface area contributed by atoms with Gasteiger partial charge in [0.2, 0.25) is 5.91 Å². The van der Waals surface area contributed by atoms with Crippen molar-refractivity contribution >= 4 is 16.8 Å². The van der Waals surface area contributed by atoms with Crippen LogP contribution in [0.3, 0.4) is 0 Å². The minimum atomic E-state index is -0.0999. The number of aromatic amines is 1. The first-order valence-corrected chi connectivity index (χ1v) is 6.37. The van der Waals surface area contributed by atoms with Crippen LogP contribution in [-0.4, -0.2) is 24.6 Å². The van der Waals surface area contributed by atoms with Crippen LogP contribution in [-0.2, 0) is 16.1 Å². The van der Waals surface area contributed by atoms with E-state index in [-0.39, 0.29) is 12.5 Å². The summed E-state index contributed by atoms with van der Waals surface area (Å²) in [5.41, 5.74) is 5.85. The highest BCUT2D eigenvalue weighted by Gasteiger charge is 2.10. The number of hydrogen-bond acceptors (Lipinski definition) is 2. The molecule has 2 rings (SSSR count). The minimum Gasteiger partial charge on any atom is -0.375 e. The van der Waals surface area contributed by atoms with Gasteiger partial charge in [0.15, 0.2) is 0 Å². The van der Waals surface area contributed by atoms with E-state index < -0.39 is 0 Å². The van der Waals surface area contributed by atoms with Crippen molar-refractivity contribution in [3.8, 4) is 0 Å². The molecule has 1 aromatic carbocycles. The van der Waals surface area contributed by atoms with E-state index in [0.717, 1.165) is 11.1 Å². The zero-order valence-corrected chi connectivity index (χ0v) is 11.9. The van der Waals surface area contributed by atoms with Crippen molar-refractivity contribution in [3.63, 3.8) is 0 Å². The van der Waals surface area contributed by atoms with Crippen LogP contribution in [0.5, 0.6) is 0 Å². The lowest BCUT2D eigenvalue weighted by Crippen LogP contribution is -2.26. The van der Waals surface area contributed by atoms with Crippen LogP contribution in [0.25, 0.3) is 10.9 Å². The van der Waals surface area contributed by atoms with Crippen LogP contribution in [0, 0.1) is 20.8 Å². The van der Waals surface area contributed by atoms with Crippen molar-refractivity contribution in [3.05, 3.63) is 34.5 Å². The van der Waals surface area contributed by atoms with Gasteiger partial charge in [0, 0.05) is 24.7 Å². The number of carbonyl (C=O) groups excluding carboxylic acids is 1. The number of nitrogens with one attached hydrogen (secondary N) is 2. The van der Waals surface area contributed by atoms with E-state index in [1.165, 1.54) is 29.3 Å². The average Bonchev–Trinajstić information content (AvgIpc) is 2.64. The topological polar surface area (TPSA) is 54.1 Å². The molecule has 0 spiro atoms. The lowest BCUT2D eigenvalue weighted by molar-refractivity contribution is -0.124. The number of fused-ring (bicyclic) bond motifs is 1. The lowest BCUT2D eigenvalue weighted by Gasteiger charge is -2.07. The molecule has 0 unspecified atom stereocenters. The molecule has 2 N–H and O–H groups in total. The number of methoxy groups -OCH3 is 1. The Balaban J connectivity index is 2.32. The summed E-state index contributed by atoms with van der Waals surface area (Å²) in [7, 11) is 1.52. The molecule has 0 bridgehead atoms. The fourth-order valence-corrected chi connectivity index (χ4v) is 2.30. The first-order chi connectivity index (χ1) is 9.02. The van der Waals surface area contributed by atoms with E-state index >= 15 is 0 Å². The van der Waals surface area contributed by atoms with Crippen molar-refractivity contribution in [1.29, 1.82) is 0 Å². The number of carbonyl (C=O) groups is 1. The van der Waals surface area contributed by atoms with Crippen LogP contribution in [0.1, 0.15) is 22.4 Å². The Bertz CT molecular complexity index is 614. The number of H-pyrrole nitrogens is 1. The van der Waals surface area contributed by atoms with Gasteiger partial charge < -0.3 is 15.0 Å². The highest BCUT2D eigenvalue weighted by Crippen LogP contribution is 2.25. The number of rotatable bonds is 4. The van der Waals surface area contributed by atoms with Crippen molar-refractivity contribution in [2.45, 2.75) is 27.3 Å². The second-order valence-corrected chi connectivity index (χ2v) is 4.93. The Kier molecular flexibility index (Phi) is 3.90. The van der Waals surface area contributed by atoms with Crippen LogP contribution >= 0.6 is 0 Å². The van der Waals surface area contributed by atoms with Gasteiger partial charge in [-0.05, 0) is 38.0 Å². The van der Waals surface area contributed by atoms with Crippen LogP contribution < -0.4 is 5.32 Å². The van der Waals surface area contributed by atoms with E-state index in [0.29, 0.717) is 6.54 Å². The summed E-state index contributed by atoms with van der Waals surface area (Å²) in [5.74, 6) is -0.0999. The number of amides is 1. The van der Waals surface area contributed by atoms with Crippen LogP contribution in [0.2, 0.25) is 0 Å². The van der Waals surface area contributed by atoms with Crippen molar-refractivity contribution in [2.75, 3.05) is 13.7 Å². The van der Waals surface area contributed by atoms with Gasteiger partial charge in [-0.25, -0.2) is 0 Å². The van der Waals surface area contributed by atoms with Gasteiger partial charge >= 0.3 is 0 Å². The molecule has 2 aromatic rings. The standard InChI is InChI=1S/C15H20N2O2/c1-9-5-12(7-16-14(18)8-19-4)15-13(6-9)10(2)11(3)17-15/h5-6,17H,7-8H2,1-4H3,(H,16,18). The Morgan fingerprint density at radius 3 is 2.74 bits per heavy atom. The Labute approximate surface area is 113 Å². The zero-order chi connectivity index (χ0) is 14.0. The molecule has 4 nitrogen and oxygen atoms in total. The predicted octanol–water partition coefficient (Wildman–Crippen LogP) is 2.36. The molecule has 0 fully saturated rings. The number of ether oxygens (including phenoxy) is 1. The molecule has 0 aliphatic carbocycles. The van der Waals surface area contributed by atoms with E-state index in [2.05, 4.69) is 43.2 Å². The highest BCUT2D eigenvalue weighted by molar-refractivity contribution is 5.88. The summed E-state index contributed by atoms with van der Waals surface area (Å²) in [6, 6.07) is 4.28. The molecule has 4 heteroatoms. The number of aryl methyl sites for hydroxylation is 3. The molecule has 19 heavy (non-hydrogen) atoms. The molecular weight excluding hydrogens is 240 g/mol. The molecule has 1 aromatic heterocycles. The molecule has 102 valence electrons. The Hall–Kier alpha value is -1.81. The molecule has 0 atom stereocenters. The fraction of sp³-hybridized carbons (Fsp3) is 0.400. The van der Waals surface area contributed by atoms with Crippen molar-refractivity contribution in [1.82, 2.24) is 10.3 Å². The molecule has 0 radical (unpaired) electrons. The van der Waals surface area contributed by atoms with E-state index in [1.807, 2.05) is 0 Å². The van der Waals surface area contributed by atoms with E-state index in [1.54, 1.807) is 0 Å². The number of hydrogen-bond donors (Lipinski definition) is 2. The van der Waals surface area contributed by atoms with E-state index in [4.69, 9.17) is 4.74 Å². The molecule has 0 aliphatic heterocycles. The summed E-state index contributed by atoms with van der Waals surface area (Å²) in [4.78, 5) is 14.9. The summed E-state index contributed by atoms with van der Waals surface area (Å²) in [5, 5.41) is 4.09. The summed E-state index contributed by atoms with van der Waals surface area (Å²) in [6.07, 6.45) is 0.